The SMILES string of the molecule is Cc1noc(C)c1C(=O)Nc1nc2cc(C#N)ccc2n1Cc1ccccc1.O=P(O)(O)O. The van der Waals surface area contributed by atoms with Gasteiger partial charge in [-0.25, -0.2) is 9.55 Å². The lowest BCUT2D eigenvalue weighted by atomic mass is 10.2. The summed E-state index contributed by atoms with van der Waals surface area (Å²) in [5.41, 5.74) is 3.98. The number of carbonyl (C=O) groups excluding carboxylic acids is 1. The highest BCUT2D eigenvalue weighted by molar-refractivity contribution is 7.45. The highest BCUT2D eigenvalue weighted by Crippen LogP contribution is 2.26. The van der Waals surface area contributed by atoms with E-state index in [9.17, 15) is 4.79 Å². The first kappa shape index (κ1) is 23.8. The van der Waals surface area contributed by atoms with Crippen LogP contribution in [0.5, 0.6) is 0 Å². The molecule has 170 valence electrons. The molecule has 0 saturated heterocycles. The van der Waals surface area contributed by atoms with Gasteiger partial charge in [-0.15, -0.1) is 0 Å². The van der Waals surface area contributed by atoms with Gasteiger partial charge in [0.15, 0.2) is 0 Å². The van der Waals surface area contributed by atoms with E-state index in [1.54, 1.807) is 26.0 Å². The number of nitriles is 1. The maximum absolute atomic E-state index is 12.8. The fraction of sp³-hybridized carbons (Fsp3) is 0.143. The Kier molecular flexibility index (Phi) is 7.06. The topological polar surface area (TPSA) is 174 Å². The molecule has 12 heteroatoms. The van der Waals surface area contributed by atoms with Crippen LogP contribution in [0.4, 0.5) is 5.95 Å². The van der Waals surface area contributed by atoms with Crippen molar-refractivity contribution in [1.29, 1.82) is 5.26 Å². The average Bonchev–Trinajstić information content (AvgIpc) is 3.26. The van der Waals surface area contributed by atoms with Crippen LogP contribution in [0.2, 0.25) is 0 Å². The predicted octanol–water partition coefficient (Wildman–Crippen LogP) is 2.88. The minimum atomic E-state index is -4.64. The summed E-state index contributed by atoms with van der Waals surface area (Å²) in [7, 11) is -4.64. The zero-order valence-corrected chi connectivity index (χ0v) is 18.5. The molecule has 4 N–H and O–H groups in total. The van der Waals surface area contributed by atoms with E-state index in [-0.39, 0.29) is 5.91 Å². The van der Waals surface area contributed by atoms with Crippen LogP contribution in [0.15, 0.2) is 53.1 Å². The summed E-state index contributed by atoms with van der Waals surface area (Å²) in [6.45, 7) is 3.94. The van der Waals surface area contributed by atoms with Gasteiger partial charge in [-0.2, -0.15) is 5.26 Å². The van der Waals surface area contributed by atoms with Gasteiger partial charge in [0, 0.05) is 0 Å². The number of hydrogen-bond acceptors (Lipinski definition) is 6. The number of aromatic nitrogens is 3. The quantitative estimate of drug-likeness (QED) is 0.328. The number of hydrogen-bond donors (Lipinski definition) is 4. The van der Waals surface area contributed by atoms with Crippen LogP contribution in [-0.4, -0.2) is 35.3 Å². The number of fused-ring (bicyclic) bond motifs is 1. The molecule has 11 nitrogen and oxygen atoms in total. The first-order chi connectivity index (χ1) is 15.6. The summed E-state index contributed by atoms with van der Waals surface area (Å²) in [6, 6.07) is 17.3. The fourth-order valence-electron chi connectivity index (χ4n) is 3.19. The van der Waals surface area contributed by atoms with Crippen LogP contribution in [0.25, 0.3) is 11.0 Å². The molecule has 0 aliphatic carbocycles. The summed E-state index contributed by atoms with van der Waals surface area (Å²) >= 11 is 0. The van der Waals surface area contributed by atoms with Crippen molar-refractivity contribution >= 4 is 30.7 Å². The number of rotatable bonds is 4. The van der Waals surface area contributed by atoms with Gasteiger partial charge >= 0.3 is 7.82 Å². The minimum absolute atomic E-state index is 0.332. The molecular formula is C21H20N5O6P. The largest absolute Gasteiger partial charge is 0.466 e. The summed E-state index contributed by atoms with van der Waals surface area (Å²) in [6.07, 6.45) is 0. The summed E-state index contributed by atoms with van der Waals surface area (Å²) in [5, 5.41) is 15.9. The highest BCUT2D eigenvalue weighted by atomic mass is 31.2. The van der Waals surface area contributed by atoms with Gasteiger partial charge in [0.05, 0.1) is 34.9 Å². The third kappa shape index (κ3) is 6.12. The maximum atomic E-state index is 12.8. The van der Waals surface area contributed by atoms with Crippen molar-refractivity contribution in [3.05, 3.63) is 76.7 Å². The van der Waals surface area contributed by atoms with E-state index >= 15 is 0 Å². The van der Waals surface area contributed by atoms with Crippen molar-refractivity contribution in [2.24, 2.45) is 0 Å². The number of imidazole rings is 1. The van der Waals surface area contributed by atoms with E-state index in [4.69, 9.17) is 29.0 Å². The van der Waals surface area contributed by atoms with Gasteiger partial charge in [0.25, 0.3) is 5.91 Å². The van der Waals surface area contributed by atoms with Gasteiger partial charge in [0.2, 0.25) is 5.95 Å². The van der Waals surface area contributed by atoms with E-state index in [1.807, 2.05) is 41.0 Å². The molecule has 0 bridgehead atoms. The second kappa shape index (κ2) is 9.77. The summed E-state index contributed by atoms with van der Waals surface area (Å²) in [4.78, 5) is 38.9. The van der Waals surface area contributed by atoms with Gasteiger partial charge in [-0.3, -0.25) is 10.1 Å². The second-order valence-corrected chi connectivity index (χ2v) is 8.02. The number of nitrogens with zero attached hydrogens (tertiary/aromatic N) is 4. The number of benzene rings is 2. The second-order valence-electron chi connectivity index (χ2n) is 6.99. The lowest BCUT2D eigenvalue weighted by Crippen LogP contribution is -2.17. The first-order valence-corrected chi connectivity index (χ1v) is 11.1. The summed E-state index contributed by atoms with van der Waals surface area (Å²) in [5.74, 6) is 0.521. The first-order valence-electron chi connectivity index (χ1n) is 9.53. The Morgan fingerprint density at radius 3 is 2.42 bits per heavy atom. The number of anilines is 1. The molecule has 0 radical (unpaired) electrons. The van der Waals surface area contributed by atoms with Gasteiger partial charge < -0.3 is 23.8 Å². The smallest absolute Gasteiger partial charge is 0.361 e. The van der Waals surface area contributed by atoms with Crippen molar-refractivity contribution in [2.75, 3.05) is 5.32 Å². The standard InChI is InChI=1S/C21H17N5O2.H3O4P/c1-13-19(14(2)28-25-13)20(27)24-21-23-17-10-16(11-22)8-9-18(17)26(21)12-15-6-4-3-5-7-15;1-5(2,3)4/h3-10H,12H2,1-2H3,(H,23,24,27);(H3,1,2,3,4). The van der Waals surface area contributed by atoms with Crippen molar-refractivity contribution in [3.8, 4) is 6.07 Å². The van der Waals surface area contributed by atoms with Crippen LogP contribution >= 0.6 is 7.82 Å². The van der Waals surface area contributed by atoms with E-state index < -0.39 is 7.82 Å². The van der Waals surface area contributed by atoms with Crippen molar-refractivity contribution < 1.29 is 28.6 Å². The Balaban J connectivity index is 0.000000555. The fourth-order valence-corrected chi connectivity index (χ4v) is 3.19. The molecule has 0 aliphatic heterocycles. The molecule has 2 aromatic heterocycles. The molecule has 0 aliphatic rings. The van der Waals surface area contributed by atoms with Crippen molar-refractivity contribution in [1.82, 2.24) is 14.7 Å². The zero-order valence-electron chi connectivity index (χ0n) is 17.6. The van der Waals surface area contributed by atoms with Crippen LogP contribution in [0.3, 0.4) is 0 Å². The molecule has 2 heterocycles. The Morgan fingerprint density at radius 2 is 1.85 bits per heavy atom. The van der Waals surface area contributed by atoms with Gasteiger partial charge in [-0.1, -0.05) is 35.5 Å². The van der Waals surface area contributed by atoms with Gasteiger partial charge in [0.1, 0.15) is 11.3 Å². The molecule has 0 unspecified atom stereocenters. The number of phosphoric acid groups is 1. The Bertz CT molecular complexity index is 1360. The van der Waals surface area contributed by atoms with Crippen molar-refractivity contribution in [3.63, 3.8) is 0 Å². The number of aryl methyl sites for hydroxylation is 2. The third-order valence-corrected chi connectivity index (χ3v) is 4.55. The Labute approximate surface area is 188 Å². The van der Waals surface area contributed by atoms with Crippen LogP contribution in [0, 0.1) is 25.2 Å². The summed E-state index contributed by atoms with van der Waals surface area (Å²) < 4.78 is 15.9. The monoisotopic (exact) mass is 469 g/mol. The molecule has 0 fully saturated rings. The van der Waals surface area contributed by atoms with E-state index in [1.165, 1.54) is 0 Å². The molecule has 33 heavy (non-hydrogen) atoms. The number of carbonyl (C=O) groups is 1. The number of amides is 1. The molecule has 0 spiro atoms. The Hall–Kier alpha value is -3.81. The number of nitrogens with one attached hydrogen (secondary N) is 1. The molecule has 4 aromatic rings. The van der Waals surface area contributed by atoms with E-state index in [0.29, 0.717) is 40.6 Å². The maximum Gasteiger partial charge on any atom is 0.466 e. The molecule has 2 aromatic carbocycles. The average molecular weight is 469 g/mol. The lowest BCUT2D eigenvalue weighted by Gasteiger charge is -2.10. The zero-order chi connectivity index (χ0) is 24.2. The van der Waals surface area contributed by atoms with Gasteiger partial charge in [-0.05, 0) is 37.6 Å². The Morgan fingerprint density at radius 1 is 1.18 bits per heavy atom. The molecular weight excluding hydrogens is 449 g/mol. The minimum Gasteiger partial charge on any atom is -0.361 e. The van der Waals surface area contributed by atoms with E-state index in [2.05, 4.69) is 21.5 Å². The highest BCUT2D eigenvalue weighted by Gasteiger charge is 2.21. The molecule has 4 rings (SSSR count). The molecule has 1 amide bonds. The predicted molar refractivity (Wildman–Crippen MR) is 118 cm³/mol. The molecule has 0 saturated carbocycles. The van der Waals surface area contributed by atoms with Crippen LogP contribution in [-0.2, 0) is 11.1 Å². The van der Waals surface area contributed by atoms with Crippen LogP contribution in [0.1, 0.15) is 32.9 Å². The van der Waals surface area contributed by atoms with Crippen LogP contribution < -0.4 is 5.32 Å². The third-order valence-electron chi connectivity index (χ3n) is 4.55. The lowest BCUT2D eigenvalue weighted by molar-refractivity contribution is 0.102. The normalized spacial score (nSPS) is 10.9. The van der Waals surface area contributed by atoms with Crippen molar-refractivity contribution in [2.45, 2.75) is 20.4 Å². The molecule has 0 atom stereocenters. The van der Waals surface area contributed by atoms with E-state index in [0.717, 1.165) is 11.1 Å².